The fraction of sp³-hybridized carbons (Fsp3) is 0.179. The molecule has 0 N–H and O–H groups in total. The molecular formula is C28H29N. The number of hydrogen-bond donors (Lipinski definition) is 0. The number of aliphatic imine (C=N–C) groups is 1. The van der Waals surface area contributed by atoms with E-state index in [4.69, 9.17) is 4.99 Å². The Morgan fingerprint density at radius 2 is 1.41 bits per heavy atom. The van der Waals surface area contributed by atoms with Crippen LogP contribution in [0.5, 0.6) is 0 Å². The first-order valence-corrected chi connectivity index (χ1v) is 10.1. The van der Waals surface area contributed by atoms with Crippen molar-refractivity contribution in [3.05, 3.63) is 119 Å². The lowest BCUT2D eigenvalue weighted by Crippen LogP contribution is -2.10. The molecule has 0 aromatic heterocycles. The van der Waals surface area contributed by atoms with Crippen molar-refractivity contribution in [1.82, 2.24) is 0 Å². The summed E-state index contributed by atoms with van der Waals surface area (Å²) in [6.45, 7) is 12.9. The molecule has 0 aliphatic rings. The molecule has 146 valence electrons. The van der Waals surface area contributed by atoms with E-state index in [1.165, 1.54) is 16.7 Å². The van der Waals surface area contributed by atoms with Gasteiger partial charge in [-0.25, -0.2) is 0 Å². The second kappa shape index (κ2) is 9.34. The standard InChI is InChI=1S/C28H29N/c1-20(2)28(26-13-9-10-22(4)18-26)29-27(25-16-14-21(3)15-17-25)19-23(5)24-11-7-6-8-12-24/h6-20H,5H2,1-4H3/b27-19-,29-28?. The molecule has 0 amide bonds. The molecule has 3 rings (SSSR count). The summed E-state index contributed by atoms with van der Waals surface area (Å²) < 4.78 is 0. The van der Waals surface area contributed by atoms with Gasteiger partial charge in [0.15, 0.2) is 0 Å². The van der Waals surface area contributed by atoms with Gasteiger partial charge in [-0.2, -0.15) is 0 Å². The van der Waals surface area contributed by atoms with E-state index in [-0.39, 0.29) is 0 Å². The molecule has 3 aromatic rings. The highest BCUT2D eigenvalue weighted by molar-refractivity contribution is 6.05. The summed E-state index contributed by atoms with van der Waals surface area (Å²) in [6.07, 6.45) is 2.10. The largest absolute Gasteiger partial charge is 0.252 e. The predicted octanol–water partition coefficient (Wildman–Crippen LogP) is 7.50. The molecule has 0 fully saturated rings. The number of aryl methyl sites for hydroxylation is 2. The van der Waals surface area contributed by atoms with Crippen LogP contribution in [-0.2, 0) is 0 Å². The highest BCUT2D eigenvalue weighted by Gasteiger charge is 2.12. The molecule has 0 spiro atoms. The fourth-order valence-electron chi connectivity index (χ4n) is 3.27. The van der Waals surface area contributed by atoms with E-state index in [2.05, 4.69) is 101 Å². The summed E-state index contributed by atoms with van der Waals surface area (Å²) in [6, 6.07) is 27.4. The molecule has 0 heterocycles. The Morgan fingerprint density at radius 1 is 0.759 bits per heavy atom. The molecular weight excluding hydrogens is 350 g/mol. The Balaban J connectivity index is 2.13. The third-order valence-electron chi connectivity index (χ3n) is 4.90. The highest BCUT2D eigenvalue weighted by atomic mass is 14.8. The summed E-state index contributed by atoms with van der Waals surface area (Å²) in [5.41, 5.74) is 8.82. The zero-order valence-corrected chi connectivity index (χ0v) is 17.8. The van der Waals surface area contributed by atoms with Gasteiger partial charge >= 0.3 is 0 Å². The average Bonchev–Trinajstić information content (AvgIpc) is 2.72. The van der Waals surface area contributed by atoms with Gasteiger partial charge in [-0.3, -0.25) is 4.99 Å². The fourth-order valence-corrected chi connectivity index (χ4v) is 3.27. The molecule has 1 nitrogen and oxygen atoms in total. The Kier molecular flexibility index (Phi) is 6.61. The van der Waals surface area contributed by atoms with Gasteiger partial charge in [-0.15, -0.1) is 0 Å². The average molecular weight is 380 g/mol. The Labute approximate surface area is 175 Å². The molecule has 0 atom stereocenters. The predicted molar refractivity (Wildman–Crippen MR) is 127 cm³/mol. The maximum absolute atomic E-state index is 5.17. The van der Waals surface area contributed by atoms with Gasteiger partial charge < -0.3 is 0 Å². The van der Waals surface area contributed by atoms with Gasteiger partial charge in [-0.05, 0) is 42.5 Å². The maximum atomic E-state index is 5.17. The summed E-state index contributed by atoms with van der Waals surface area (Å²) in [4.78, 5) is 5.17. The van der Waals surface area contributed by atoms with E-state index < -0.39 is 0 Å². The lowest BCUT2D eigenvalue weighted by Gasteiger charge is -2.14. The molecule has 0 bridgehead atoms. The Morgan fingerprint density at radius 3 is 2.03 bits per heavy atom. The van der Waals surface area contributed by atoms with Gasteiger partial charge in [0.1, 0.15) is 0 Å². The first-order chi connectivity index (χ1) is 13.9. The first-order valence-electron chi connectivity index (χ1n) is 10.1. The molecule has 3 aromatic carbocycles. The van der Waals surface area contributed by atoms with Crippen LogP contribution >= 0.6 is 0 Å². The third kappa shape index (κ3) is 5.42. The molecule has 0 saturated carbocycles. The van der Waals surface area contributed by atoms with Gasteiger partial charge in [0, 0.05) is 5.56 Å². The van der Waals surface area contributed by atoms with Gasteiger partial charge in [0.05, 0.1) is 11.4 Å². The van der Waals surface area contributed by atoms with Crippen LogP contribution in [0.25, 0.3) is 11.3 Å². The van der Waals surface area contributed by atoms with E-state index in [0.717, 1.165) is 28.1 Å². The van der Waals surface area contributed by atoms with Crippen LogP contribution in [-0.4, -0.2) is 5.71 Å². The van der Waals surface area contributed by atoms with E-state index in [1.807, 2.05) is 18.2 Å². The lowest BCUT2D eigenvalue weighted by molar-refractivity contribution is 0.885. The minimum absolute atomic E-state index is 0.302. The van der Waals surface area contributed by atoms with Gasteiger partial charge in [0.2, 0.25) is 0 Å². The zero-order valence-electron chi connectivity index (χ0n) is 17.8. The van der Waals surface area contributed by atoms with Crippen LogP contribution in [0.2, 0.25) is 0 Å². The molecule has 0 aliphatic carbocycles. The van der Waals surface area contributed by atoms with Crippen molar-refractivity contribution in [1.29, 1.82) is 0 Å². The van der Waals surface area contributed by atoms with Crippen molar-refractivity contribution < 1.29 is 0 Å². The van der Waals surface area contributed by atoms with E-state index in [1.54, 1.807) is 0 Å². The SMILES string of the molecule is C=C(/C=C(\N=C(c1cccc(C)c1)C(C)C)c1ccc(C)cc1)c1ccccc1. The summed E-state index contributed by atoms with van der Waals surface area (Å²) in [7, 11) is 0. The number of nitrogens with zero attached hydrogens (tertiary/aromatic N) is 1. The van der Waals surface area contributed by atoms with E-state index in [0.29, 0.717) is 5.92 Å². The molecule has 0 unspecified atom stereocenters. The van der Waals surface area contributed by atoms with Crippen molar-refractivity contribution in [2.45, 2.75) is 27.7 Å². The molecule has 0 radical (unpaired) electrons. The molecule has 0 aliphatic heterocycles. The number of allylic oxidation sites excluding steroid dienone is 2. The number of benzene rings is 3. The summed E-state index contributed by atoms with van der Waals surface area (Å²) in [5, 5.41) is 0. The van der Waals surface area contributed by atoms with Crippen LogP contribution < -0.4 is 0 Å². The third-order valence-corrected chi connectivity index (χ3v) is 4.90. The van der Waals surface area contributed by atoms with Crippen molar-refractivity contribution in [3.8, 4) is 0 Å². The Bertz CT molecular complexity index is 1040. The number of rotatable bonds is 6. The van der Waals surface area contributed by atoms with Crippen LogP contribution in [0.4, 0.5) is 0 Å². The summed E-state index contributed by atoms with van der Waals surface area (Å²) in [5.74, 6) is 0.302. The van der Waals surface area contributed by atoms with Gasteiger partial charge in [0.25, 0.3) is 0 Å². The number of hydrogen-bond acceptors (Lipinski definition) is 1. The Hall–Kier alpha value is -3.19. The minimum Gasteiger partial charge on any atom is -0.252 e. The minimum atomic E-state index is 0.302. The van der Waals surface area contributed by atoms with Crippen molar-refractivity contribution in [2.24, 2.45) is 10.9 Å². The van der Waals surface area contributed by atoms with Crippen molar-refractivity contribution in [2.75, 3.05) is 0 Å². The summed E-state index contributed by atoms with van der Waals surface area (Å²) >= 11 is 0. The van der Waals surface area contributed by atoms with Crippen LogP contribution in [0, 0.1) is 19.8 Å². The lowest BCUT2D eigenvalue weighted by atomic mass is 9.97. The first kappa shape index (κ1) is 20.5. The molecule has 1 heteroatoms. The van der Waals surface area contributed by atoms with E-state index in [9.17, 15) is 0 Å². The second-order valence-electron chi connectivity index (χ2n) is 7.81. The van der Waals surface area contributed by atoms with Crippen LogP contribution in [0.3, 0.4) is 0 Å². The van der Waals surface area contributed by atoms with Crippen molar-refractivity contribution in [3.63, 3.8) is 0 Å². The smallest absolute Gasteiger partial charge is 0.0711 e. The van der Waals surface area contributed by atoms with Crippen LogP contribution in [0.15, 0.2) is 96.5 Å². The van der Waals surface area contributed by atoms with E-state index >= 15 is 0 Å². The second-order valence-corrected chi connectivity index (χ2v) is 7.81. The zero-order chi connectivity index (χ0) is 20.8. The van der Waals surface area contributed by atoms with Crippen molar-refractivity contribution >= 4 is 17.0 Å². The maximum Gasteiger partial charge on any atom is 0.0711 e. The normalized spacial score (nSPS) is 12.3. The van der Waals surface area contributed by atoms with Gasteiger partial charge in [-0.1, -0.05) is 110 Å². The monoisotopic (exact) mass is 379 g/mol. The highest BCUT2D eigenvalue weighted by Crippen LogP contribution is 2.25. The van der Waals surface area contributed by atoms with Crippen LogP contribution in [0.1, 0.15) is 41.7 Å². The molecule has 29 heavy (non-hydrogen) atoms. The topological polar surface area (TPSA) is 12.4 Å². The quantitative estimate of drug-likeness (QED) is 0.310. The molecule has 0 saturated heterocycles.